The first-order valence-electron chi connectivity index (χ1n) is 7.90. The SMILES string of the molecule is O=C(/C=C/c1ccc2c(c1)OCO2)C[C@@]1(O)C(=O)Nc2ccc(Br)cc21. The lowest BCUT2D eigenvalue weighted by Crippen LogP contribution is -2.36. The largest absolute Gasteiger partial charge is 0.454 e. The van der Waals surface area contributed by atoms with Crippen LogP contribution in [0.15, 0.2) is 46.9 Å². The standard InChI is InChI=1S/C19H14BrNO5/c20-12-3-5-15-14(8-12)19(24,18(23)21-15)9-13(22)4-1-11-2-6-16-17(7-11)26-10-25-16/h1-8,24H,9-10H2,(H,21,23)/b4-1+/t19-/m0/s1. The zero-order chi connectivity index (χ0) is 18.3. The Hall–Kier alpha value is -2.64. The Kier molecular flexibility index (Phi) is 4.05. The van der Waals surface area contributed by atoms with E-state index in [2.05, 4.69) is 21.2 Å². The molecule has 0 radical (unpaired) electrons. The van der Waals surface area contributed by atoms with Gasteiger partial charge in [0.05, 0.1) is 6.42 Å². The molecule has 2 heterocycles. The van der Waals surface area contributed by atoms with Crippen LogP contribution in [0.1, 0.15) is 17.5 Å². The molecule has 6 nitrogen and oxygen atoms in total. The monoisotopic (exact) mass is 415 g/mol. The lowest BCUT2D eigenvalue weighted by atomic mass is 9.90. The van der Waals surface area contributed by atoms with E-state index in [-0.39, 0.29) is 19.0 Å². The number of allylic oxidation sites excluding steroid dienone is 1. The Morgan fingerprint density at radius 2 is 2.04 bits per heavy atom. The second kappa shape index (κ2) is 6.26. The van der Waals surface area contributed by atoms with Crippen LogP contribution in [0, 0.1) is 0 Å². The van der Waals surface area contributed by atoms with Crippen LogP contribution in [0.25, 0.3) is 6.08 Å². The Bertz CT molecular complexity index is 955. The van der Waals surface area contributed by atoms with Gasteiger partial charge in [-0.25, -0.2) is 0 Å². The summed E-state index contributed by atoms with van der Waals surface area (Å²) < 4.78 is 11.3. The van der Waals surface area contributed by atoms with Crippen LogP contribution >= 0.6 is 15.9 Å². The van der Waals surface area contributed by atoms with Crippen molar-refractivity contribution in [2.75, 3.05) is 12.1 Å². The molecule has 132 valence electrons. The average Bonchev–Trinajstić information content (AvgIpc) is 3.17. The van der Waals surface area contributed by atoms with Gasteiger partial charge in [-0.2, -0.15) is 0 Å². The van der Waals surface area contributed by atoms with Crippen molar-refractivity contribution in [3.8, 4) is 11.5 Å². The molecule has 0 saturated heterocycles. The lowest BCUT2D eigenvalue weighted by Gasteiger charge is -2.19. The quantitative estimate of drug-likeness (QED) is 0.749. The van der Waals surface area contributed by atoms with E-state index in [0.29, 0.717) is 22.7 Å². The van der Waals surface area contributed by atoms with Crippen molar-refractivity contribution in [1.29, 1.82) is 0 Å². The topological polar surface area (TPSA) is 84.9 Å². The number of halogens is 1. The van der Waals surface area contributed by atoms with Crippen LogP contribution in [0.2, 0.25) is 0 Å². The maximum Gasteiger partial charge on any atom is 0.261 e. The third kappa shape index (κ3) is 2.89. The van der Waals surface area contributed by atoms with Crippen LogP contribution in [-0.4, -0.2) is 23.6 Å². The second-order valence-corrected chi connectivity index (χ2v) is 7.01. The molecular formula is C19H14BrNO5. The van der Waals surface area contributed by atoms with Crippen molar-refractivity contribution in [3.63, 3.8) is 0 Å². The average molecular weight is 416 g/mol. The van der Waals surface area contributed by atoms with Crippen molar-refractivity contribution >= 4 is 39.4 Å². The van der Waals surface area contributed by atoms with E-state index in [1.54, 1.807) is 42.5 Å². The van der Waals surface area contributed by atoms with Crippen LogP contribution in [0.3, 0.4) is 0 Å². The molecule has 4 rings (SSSR count). The Morgan fingerprint density at radius 3 is 2.88 bits per heavy atom. The summed E-state index contributed by atoms with van der Waals surface area (Å²) in [6, 6.07) is 10.4. The van der Waals surface area contributed by atoms with E-state index >= 15 is 0 Å². The minimum atomic E-state index is -1.88. The number of carbonyl (C=O) groups excluding carboxylic acids is 2. The predicted octanol–water partition coefficient (Wildman–Crippen LogP) is 2.99. The minimum Gasteiger partial charge on any atom is -0.454 e. The Balaban J connectivity index is 1.53. The number of aliphatic hydroxyl groups is 1. The van der Waals surface area contributed by atoms with E-state index in [0.717, 1.165) is 10.0 Å². The van der Waals surface area contributed by atoms with Crippen LogP contribution in [0.5, 0.6) is 11.5 Å². The van der Waals surface area contributed by atoms with Crippen molar-refractivity contribution < 1.29 is 24.2 Å². The summed E-state index contributed by atoms with van der Waals surface area (Å²) in [5, 5.41) is 13.4. The van der Waals surface area contributed by atoms with E-state index in [1.807, 2.05) is 0 Å². The predicted molar refractivity (Wildman–Crippen MR) is 97.9 cm³/mol. The molecule has 2 aromatic rings. The summed E-state index contributed by atoms with van der Waals surface area (Å²) in [6.07, 6.45) is 2.62. The summed E-state index contributed by atoms with van der Waals surface area (Å²) in [5.41, 5.74) is -0.223. The zero-order valence-corrected chi connectivity index (χ0v) is 15.1. The van der Waals surface area contributed by atoms with Gasteiger partial charge in [0, 0.05) is 15.7 Å². The number of ether oxygens (including phenoxy) is 2. The van der Waals surface area contributed by atoms with Crippen molar-refractivity contribution in [3.05, 3.63) is 58.1 Å². The molecule has 7 heteroatoms. The summed E-state index contributed by atoms with van der Waals surface area (Å²) in [5.74, 6) is 0.309. The number of fused-ring (bicyclic) bond motifs is 2. The highest BCUT2D eigenvalue weighted by Gasteiger charge is 2.46. The molecule has 26 heavy (non-hydrogen) atoms. The van der Waals surface area contributed by atoms with Gasteiger partial charge in [-0.05, 0) is 42.0 Å². The Morgan fingerprint density at radius 1 is 1.23 bits per heavy atom. The molecule has 2 aliphatic rings. The van der Waals surface area contributed by atoms with Gasteiger partial charge in [-0.15, -0.1) is 0 Å². The van der Waals surface area contributed by atoms with Crippen molar-refractivity contribution in [1.82, 2.24) is 0 Å². The zero-order valence-electron chi connectivity index (χ0n) is 13.5. The van der Waals surface area contributed by atoms with Gasteiger partial charge in [-0.3, -0.25) is 9.59 Å². The first-order valence-corrected chi connectivity index (χ1v) is 8.69. The number of rotatable bonds is 4. The molecular weight excluding hydrogens is 402 g/mol. The minimum absolute atomic E-state index is 0.179. The van der Waals surface area contributed by atoms with E-state index < -0.39 is 11.5 Å². The van der Waals surface area contributed by atoms with Crippen LogP contribution in [0.4, 0.5) is 5.69 Å². The molecule has 0 fully saturated rings. The molecule has 2 aliphatic heterocycles. The fourth-order valence-corrected chi connectivity index (χ4v) is 3.37. The van der Waals surface area contributed by atoms with Crippen LogP contribution in [-0.2, 0) is 15.2 Å². The first-order chi connectivity index (χ1) is 12.5. The molecule has 1 atom stereocenters. The van der Waals surface area contributed by atoms with Crippen molar-refractivity contribution in [2.24, 2.45) is 0 Å². The number of hydrogen-bond donors (Lipinski definition) is 2. The van der Waals surface area contributed by atoms with Gasteiger partial charge in [0.2, 0.25) is 6.79 Å². The molecule has 0 spiro atoms. The number of nitrogens with one attached hydrogen (secondary N) is 1. The Labute approximate surface area is 157 Å². The van der Waals surface area contributed by atoms with Gasteiger partial charge in [-0.1, -0.05) is 28.1 Å². The number of benzene rings is 2. The molecule has 0 unspecified atom stereocenters. The maximum absolute atomic E-state index is 12.4. The first kappa shape index (κ1) is 16.8. The highest BCUT2D eigenvalue weighted by molar-refractivity contribution is 9.10. The molecule has 0 aliphatic carbocycles. The molecule has 1 amide bonds. The smallest absolute Gasteiger partial charge is 0.261 e. The summed E-state index contributed by atoms with van der Waals surface area (Å²) in [7, 11) is 0. The van der Waals surface area contributed by atoms with Gasteiger partial charge >= 0.3 is 0 Å². The fourth-order valence-electron chi connectivity index (χ4n) is 3.01. The molecule has 2 aromatic carbocycles. The van der Waals surface area contributed by atoms with Gasteiger partial charge in [0.1, 0.15) is 0 Å². The van der Waals surface area contributed by atoms with Crippen LogP contribution < -0.4 is 14.8 Å². The van der Waals surface area contributed by atoms with Gasteiger partial charge < -0.3 is 19.9 Å². The normalized spacial score (nSPS) is 20.3. The van der Waals surface area contributed by atoms with Crippen molar-refractivity contribution in [2.45, 2.75) is 12.0 Å². The number of anilines is 1. The molecule has 0 aromatic heterocycles. The van der Waals surface area contributed by atoms with Gasteiger partial charge in [0.15, 0.2) is 22.9 Å². The summed E-state index contributed by atoms with van der Waals surface area (Å²) in [6.45, 7) is 0.179. The van der Waals surface area contributed by atoms with Gasteiger partial charge in [0.25, 0.3) is 5.91 Å². The van der Waals surface area contributed by atoms with E-state index in [9.17, 15) is 14.7 Å². The molecule has 0 saturated carbocycles. The fraction of sp³-hybridized carbons (Fsp3) is 0.158. The number of amides is 1. The number of carbonyl (C=O) groups is 2. The maximum atomic E-state index is 12.4. The van der Waals surface area contributed by atoms with E-state index in [1.165, 1.54) is 6.08 Å². The second-order valence-electron chi connectivity index (χ2n) is 6.09. The third-order valence-electron chi connectivity index (χ3n) is 4.34. The molecule has 2 N–H and O–H groups in total. The highest BCUT2D eigenvalue weighted by atomic mass is 79.9. The lowest BCUT2D eigenvalue weighted by molar-refractivity contribution is -0.138. The van der Waals surface area contributed by atoms with E-state index in [4.69, 9.17) is 9.47 Å². The highest BCUT2D eigenvalue weighted by Crippen LogP contribution is 2.40. The third-order valence-corrected chi connectivity index (χ3v) is 4.83. The number of ketones is 1. The molecule has 0 bridgehead atoms. The number of hydrogen-bond acceptors (Lipinski definition) is 5. The summed E-state index contributed by atoms with van der Waals surface area (Å²) in [4.78, 5) is 24.6. The summed E-state index contributed by atoms with van der Waals surface area (Å²) >= 11 is 3.32.